The number of benzene rings is 1. The van der Waals surface area contributed by atoms with Crippen LogP contribution in [-0.2, 0) is 22.6 Å². The van der Waals surface area contributed by atoms with Gasteiger partial charge in [0.05, 0.1) is 13.5 Å². The van der Waals surface area contributed by atoms with Crippen molar-refractivity contribution in [2.75, 3.05) is 20.2 Å². The molecule has 3 rings (SSSR count). The molecule has 0 spiro atoms. The van der Waals surface area contributed by atoms with Crippen molar-refractivity contribution >= 4 is 11.8 Å². The highest BCUT2D eigenvalue weighted by atomic mass is 16.5. The van der Waals surface area contributed by atoms with Gasteiger partial charge in [0.2, 0.25) is 11.8 Å². The highest BCUT2D eigenvalue weighted by Crippen LogP contribution is 2.22. The lowest BCUT2D eigenvalue weighted by molar-refractivity contribution is -0.132. The van der Waals surface area contributed by atoms with E-state index in [9.17, 15) is 9.59 Å². The molecule has 0 saturated carbocycles. The molecule has 1 N–H and O–H groups in total. The average molecular weight is 396 g/mol. The molecule has 6 heteroatoms. The van der Waals surface area contributed by atoms with Gasteiger partial charge in [0.15, 0.2) is 0 Å². The zero-order valence-electron chi connectivity index (χ0n) is 17.0. The van der Waals surface area contributed by atoms with Crippen LogP contribution in [0, 0.1) is 5.92 Å². The zero-order valence-corrected chi connectivity index (χ0v) is 17.0. The van der Waals surface area contributed by atoms with Crippen LogP contribution in [0.4, 0.5) is 0 Å². The second-order valence-electron chi connectivity index (χ2n) is 7.55. The summed E-state index contributed by atoms with van der Waals surface area (Å²) in [5.41, 5.74) is 1.96. The molecule has 0 aliphatic carbocycles. The van der Waals surface area contributed by atoms with Gasteiger partial charge in [-0.15, -0.1) is 0 Å². The van der Waals surface area contributed by atoms with Crippen molar-refractivity contribution < 1.29 is 14.3 Å². The number of nitrogens with zero attached hydrogens (tertiary/aromatic N) is 2. The number of carbonyl (C=O) groups excluding carboxylic acids is 2. The van der Waals surface area contributed by atoms with Crippen molar-refractivity contribution in [1.29, 1.82) is 0 Å². The minimum Gasteiger partial charge on any atom is -0.497 e. The Bertz CT molecular complexity index is 810. The summed E-state index contributed by atoms with van der Waals surface area (Å²) in [6.07, 6.45) is 7.20. The van der Waals surface area contributed by atoms with E-state index in [0.717, 1.165) is 49.2 Å². The molecule has 2 heterocycles. The average Bonchev–Trinajstić information content (AvgIpc) is 2.77. The maximum absolute atomic E-state index is 12.6. The first kappa shape index (κ1) is 20.8. The Morgan fingerprint density at radius 2 is 2.10 bits per heavy atom. The van der Waals surface area contributed by atoms with Crippen molar-refractivity contribution in [3.8, 4) is 5.75 Å². The third-order valence-corrected chi connectivity index (χ3v) is 5.35. The van der Waals surface area contributed by atoms with Crippen LogP contribution in [-0.4, -0.2) is 41.9 Å². The topological polar surface area (TPSA) is 71.5 Å². The van der Waals surface area contributed by atoms with E-state index in [1.165, 1.54) is 0 Å². The van der Waals surface area contributed by atoms with Gasteiger partial charge in [-0.05, 0) is 54.5 Å². The number of hydrogen-bond donors (Lipinski definition) is 1. The Kier molecular flexibility index (Phi) is 7.61. The fourth-order valence-corrected chi connectivity index (χ4v) is 3.72. The summed E-state index contributed by atoms with van der Waals surface area (Å²) in [6, 6.07) is 11.5. The number of likely N-dealkylation sites (tertiary alicyclic amines) is 1. The van der Waals surface area contributed by atoms with Crippen LogP contribution in [0.15, 0.2) is 48.8 Å². The lowest BCUT2D eigenvalue weighted by atomic mass is 9.93. The molecule has 1 aromatic heterocycles. The maximum atomic E-state index is 12.6. The Morgan fingerprint density at radius 3 is 2.90 bits per heavy atom. The molecule has 29 heavy (non-hydrogen) atoms. The third kappa shape index (κ3) is 6.59. The molecule has 154 valence electrons. The second-order valence-corrected chi connectivity index (χ2v) is 7.55. The molecule has 1 aliphatic rings. The molecule has 2 aromatic rings. The fourth-order valence-electron chi connectivity index (χ4n) is 3.72. The van der Waals surface area contributed by atoms with Gasteiger partial charge < -0.3 is 15.0 Å². The Morgan fingerprint density at radius 1 is 1.24 bits per heavy atom. The monoisotopic (exact) mass is 395 g/mol. The molecule has 0 radical (unpaired) electrons. The van der Waals surface area contributed by atoms with Gasteiger partial charge in [-0.25, -0.2) is 0 Å². The highest BCUT2D eigenvalue weighted by molar-refractivity contribution is 5.79. The first-order chi connectivity index (χ1) is 14.1. The lowest BCUT2D eigenvalue weighted by Crippen LogP contribution is -2.41. The van der Waals surface area contributed by atoms with E-state index in [2.05, 4.69) is 10.3 Å². The fraction of sp³-hybridized carbons (Fsp3) is 0.435. The quantitative estimate of drug-likeness (QED) is 0.746. The molecule has 1 fully saturated rings. The Hall–Kier alpha value is -2.89. The van der Waals surface area contributed by atoms with Crippen molar-refractivity contribution in [2.24, 2.45) is 5.92 Å². The minimum absolute atomic E-state index is 0.0478. The second kappa shape index (κ2) is 10.6. The zero-order chi connectivity index (χ0) is 20.5. The Labute approximate surface area is 172 Å². The van der Waals surface area contributed by atoms with Crippen molar-refractivity contribution in [3.05, 3.63) is 59.9 Å². The largest absolute Gasteiger partial charge is 0.497 e. The summed E-state index contributed by atoms with van der Waals surface area (Å²) in [6.45, 7) is 2.04. The van der Waals surface area contributed by atoms with Crippen LogP contribution in [0.2, 0.25) is 0 Å². The van der Waals surface area contributed by atoms with Gasteiger partial charge in [-0.3, -0.25) is 14.6 Å². The van der Waals surface area contributed by atoms with Gasteiger partial charge in [0.25, 0.3) is 0 Å². The van der Waals surface area contributed by atoms with Gasteiger partial charge in [-0.1, -0.05) is 18.2 Å². The smallest absolute Gasteiger partial charge is 0.227 e. The van der Waals surface area contributed by atoms with E-state index < -0.39 is 0 Å². The minimum atomic E-state index is 0.0478. The summed E-state index contributed by atoms with van der Waals surface area (Å²) in [7, 11) is 1.63. The number of pyridine rings is 1. The van der Waals surface area contributed by atoms with E-state index in [0.29, 0.717) is 25.3 Å². The maximum Gasteiger partial charge on any atom is 0.227 e. The third-order valence-electron chi connectivity index (χ3n) is 5.35. The molecule has 6 nitrogen and oxygen atoms in total. The molecular weight excluding hydrogens is 366 g/mol. The number of rotatable bonds is 8. The van der Waals surface area contributed by atoms with Crippen LogP contribution in [0.1, 0.15) is 36.8 Å². The van der Waals surface area contributed by atoms with E-state index in [4.69, 9.17) is 4.74 Å². The van der Waals surface area contributed by atoms with Crippen LogP contribution < -0.4 is 10.1 Å². The first-order valence-corrected chi connectivity index (χ1v) is 10.2. The summed E-state index contributed by atoms with van der Waals surface area (Å²) in [5.74, 6) is 1.36. The summed E-state index contributed by atoms with van der Waals surface area (Å²) < 4.78 is 5.21. The normalized spacial score (nSPS) is 16.3. The Balaban J connectivity index is 1.40. The number of aromatic nitrogens is 1. The number of nitrogens with one attached hydrogen (secondary N) is 1. The summed E-state index contributed by atoms with van der Waals surface area (Å²) in [5, 5.41) is 2.97. The SMILES string of the molecule is COc1cccc(CNC(=O)CCC2CCCN(C(=O)Cc3cccnc3)C2)c1. The summed E-state index contributed by atoms with van der Waals surface area (Å²) in [4.78, 5) is 30.8. The van der Waals surface area contributed by atoms with Crippen LogP contribution in [0.5, 0.6) is 5.75 Å². The molecular formula is C23H29N3O3. The van der Waals surface area contributed by atoms with Crippen LogP contribution >= 0.6 is 0 Å². The highest BCUT2D eigenvalue weighted by Gasteiger charge is 2.24. The predicted molar refractivity (Wildman–Crippen MR) is 111 cm³/mol. The molecule has 1 aliphatic heterocycles. The van der Waals surface area contributed by atoms with Crippen molar-refractivity contribution in [1.82, 2.24) is 15.2 Å². The standard InChI is InChI=1S/C23H29N3O3/c1-29-21-8-2-5-19(13-21)16-25-22(27)10-9-18-7-4-12-26(17-18)23(28)14-20-6-3-11-24-15-20/h2-3,5-6,8,11,13,15,18H,4,7,9-10,12,14,16-17H2,1H3,(H,25,27). The van der Waals surface area contributed by atoms with E-state index in [1.807, 2.05) is 41.3 Å². The number of hydrogen-bond acceptors (Lipinski definition) is 4. The van der Waals surface area contributed by atoms with Crippen LogP contribution in [0.25, 0.3) is 0 Å². The molecule has 0 bridgehead atoms. The molecule has 1 unspecified atom stereocenters. The van der Waals surface area contributed by atoms with Gasteiger partial charge in [0.1, 0.15) is 5.75 Å². The molecule has 1 saturated heterocycles. The number of amides is 2. The van der Waals surface area contributed by atoms with Gasteiger partial charge in [-0.2, -0.15) is 0 Å². The van der Waals surface area contributed by atoms with Crippen molar-refractivity contribution in [2.45, 2.75) is 38.6 Å². The lowest BCUT2D eigenvalue weighted by Gasteiger charge is -2.33. The number of carbonyl (C=O) groups is 2. The first-order valence-electron chi connectivity index (χ1n) is 10.2. The van der Waals surface area contributed by atoms with E-state index >= 15 is 0 Å². The molecule has 2 amide bonds. The van der Waals surface area contributed by atoms with Crippen molar-refractivity contribution in [3.63, 3.8) is 0 Å². The summed E-state index contributed by atoms with van der Waals surface area (Å²) >= 11 is 0. The van der Waals surface area contributed by atoms with Crippen LogP contribution in [0.3, 0.4) is 0 Å². The number of methoxy groups -OCH3 is 1. The van der Waals surface area contributed by atoms with Gasteiger partial charge >= 0.3 is 0 Å². The predicted octanol–water partition coefficient (Wildman–Crippen LogP) is 2.97. The number of ether oxygens (including phenoxy) is 1. The number of piperidine rings is 1. The van der Waals surface area contributed by atoms with Gasteiger partial charge in [0, 0.05) is 38.4 Å². The van der Waals surface area contributed by atoms with E-state index in [1.54, 1.807) is 19.5 Å². The molecule has 1 atom stereocenters. The van der Waals surface area contributed by atoms with E-state index in [-0.39, 0.29) is 11.8 Å². The molecule has 1 aromatic carbocycles.